The molecule has 1 N–H and O–H groups in total. The molecule has 1 aromatic carbocycles. The Morgan fingerprint density at radius 1 is 1.48 bits per heavy atom. The maximum Gasteiger partial charge on any atom is 0.329 e. The van der Waals surface area contributed by atoms with Gasteiger partial charge in [0.25, 0.3) is 11.6 Å². The van der Waals surface area contributed by atoms with Crippen LogP contribution in [0, 0.1) is 10.1 Å². The average molecular weight is 314 g/mol. The Kier molecular flexibility index (Phi) is 4.45. The van der Waals surface area contributed by atoms with Gasteiger partial charge in [-0.05, 0) is 12.1 Å². The summed E-state index contributed by atoms with van der Waals surface area (Å²) < 4.78 is 9.97. The number of aromatic nitrogens is 2. The van der Waals surface area contributed by atoms with Gasteiger partial charge in [-0.2, -0.15) is 0 Å². The van der Waals surface area contributed by atoms with E-state index in [1.165, 1.54) is 18.2 Å². The second-order valence-electron chi connectivity index (χ2n) is 3.81. The Balaban J connectivity index is 2.21. The number of carboxylic acid groups (broad SMARTS) is 1. The van der Waals surface area contributed by atoms with Crippen molar-refractivity contribution in [3.63, 3.8) is 0 Å². The molecular weight excluding hydrogens is 306 g/mol. The van der Waals surface area contributed by atoms with Gasteiger partial charge in [0.05, 0.1) is 4.92 Å². The summed E-state index contributed by atoms with van der Waals surface area (Å²) in [4.78, 5) is 20.6. The quantitative estimate of drug-likeness (QED) is 0.632. The van der Waals surface area contributed by atoms with Gasteiger partial charge in [0.2, 0.25) is 5.89 Å². The van der Waals surface area contributed by atoms with Crippen LogP contribution in [0.25, 0.3) is 11.5 Å². The molecule has 0 aliphatic carbocycles. The highest BCUT2D eigenvalue weighted by atomic mass is 35.5. The first-order valence-corrected chi connectivity index (χ1v) is 5.91. The molecule has 0 saturated heterocycles. The van der Waals surface area contributed by atoms with E-state index in [1.807, 2.05) is 0 Å². The van der Waals surface area contributed by atoms with Gasteiger partial charge in [-0.3, -0.25) is 10.1 Å². The second kappa shape index (κ2) is 6.29. The molecule has 0 amide bonds. The number of ether oxygens (including phenoxy) is 1. The van der Waals surface area contributed by atoms with Crippen molar-refractivity contribution in [3.05, 3.63) is 39.2 Å². The van der Waals surface area contributed by atoms with E-state index in [-0.39, 0.29) is 34.7 Å². The summed E-state index contributed by atoms with van der Waals surface area (Å²) in [6, 6.07) is 4.01. The second-order valence-corrected chi connectivity index (χ2v) is 4.24. The highest BCUT2D eigenvalue weighted by Gasteiger charge is 2.21. The summed E-state index contributed by atoms with van der Waals surface area (Å²) >= 11 is 5.71. The van der Waals surface area contributed by atoms with Crippen LogP contribution in [0.4, 0.5) is 5.69 Å². The van der Waals surface area contributed by atoms with Gasteiger partial charge in [0, 0.05) is 11.1 Å². The first-order valence-electron chi connectivity index (χ1n) is 5.53. The number of nitro benzene ring substituents is 1. The van der Waals surface area contributed by atoms with E-state index in [0.717, 1.165) is 0 Å². The molecule has 0 aliphatic rings. The molecule has 1 aromatic heterocycles. The van der Waals surface area contributed by atoms with Crippen molar-refractivity contribution < 1.29 is 24.0 Å². The average Bonchev–Trinajstić information content (AvgIpc) is 2.86. The topological polar surface area (TPSA) is 129 Å². The lowest BCUT2D eigenvalue weighted by molar-refractivity contribution is -0.384. The van der Waals surface area contributed by atoms with E-state index >= 15 is 0 Å². The van der Waals surface area contributed by atoms with E-state index in [4.69, 9.17) is 25.9 Å². The maximum atomic E-state index is 11.0. The maximum absolute atomic E-state index is 11.0. The van der Waals surface area contributed by atoms with Crippen LogP contribution in [-0.2, 0) is 16.1 Å². The minimum atomic E-state index is -1.14. The van der Waals surface area contributed by atoms with Crippen LogP contribution in [0.5, 0.6) is 0 Å². The van der Waals surface area contributed by atoms with Crippen molar-refractivity contribution in [2.45, 2.75) is 6.61 Å². The van der Waals surface area contributed by atoms with Gasteiger partial charge in [0.15, 0.2) is 0 Å². The Bertz CT molecular complexity index is 686. The predicted octanol–water partition coefficient (Wildman–Crippen LogP) is 1.90. The third kappa shape index (κ3) is 3.74. The van der Waals surface area contributed by atoms with Gasteiger partial charge in [-0.15, -0.1) is 10.2 Å². The van der Waals surface area contributed by atoms with Crippen LogP contribution in [-0.4, -0.2) is 32.8 Å². The standard InChI is InChI=1S/C11H8ClN3O6/c12-6-1-2-7(8(3-6)15(18)19)11-14-13-9(21-11)4-20-5-10(16)17/h1-3H,4-5H2,(H,16,17). The summed E-state index contributed by atoms with van der Waals surface area (Å²) in [7, 11) is 0. The van der Waals surface area contributed by atoms with Gasteiger partial charge in [-0.25, -0.2) is 4.79 Å². The number of nitro groups is 1. The predicted molar refractivity (Wildman–Crippen MR) is 68.7 cm³/mol. The lowest BCUT2D eigenvalue weighted by Crippen LogP contribution is -2.06. The lowest BCUT2D eigenvalue weighted by Gasteiger charge is -1.99. The highest BCUT2D eigenvalue weighted by Crippen LogP contribution is 2.31. The first kappa shape index (κ1) is 14.9. The summed E-state index contributed by atoms with van der Waals surface area (Å²) in [5, 5.41) is 26.9. The van der Waals surface area contributed by atoms with Crippen LogP contribution in [0.15, 0.2) is 22.6 Å². The zero-order chi connectivity index (χ0) is 15.4. The fraction of sp³-hybridized carbons (Fsp3) is 0.182. The van der Waals surface area contributed by atoms with Crippen LogP contribution in [0.2, 0.25) is 5.02 Å². The molecule has 110 valence electrons. The molecule has 10 heteroatoms. The number of aliphatic carboxylic acids is 1. The number of rotatable bonds is 6. The molecule has 1 heterocycles. The number of carbonyl (C=O) groups is 1. The number of carboxylic acids is 1. The Hall–Kier alpha value is -2.52. The summed E-state index contributed by atoms with van der Waals surface area (Å²) in [6.07, 6.45) is 0. The molecule has 0 bridgehead atoms. The van der Waals surface area contributed by atoms with Crippen molar-refractivity contribution in [2.75, 3.05) is 6.61 Å². The lowest BCUT2D eigenvalue weighted by atomic mass is 10.2. The molecule has 0 unspecified atom stereocenters. The summed E-state index contributed by atoms with van der Waals surface area (Å²) in [5.74, 6) is -1.20. The summed E-state index contributed by atoms with van der Waals surface area (Å²) in [6.45, 7) is -0.723. The third-order valence-corrected chi connectivity index (χ3v) is 2.54. The van der Waals surface area contributed by atoms with E-state index < -0.39 is 17.5 Å². The SMILES string of the molecule is O=C(O)COCc1nnc(-c2ccc(Cl)cc2[N+](=O)[O-])o1. The first-order chi connectivity index (χ1) is 9.97. The third-order valence-electron chi connectivity index (χ3n) is 2.30. The van der Waals surface area contributed by atoms with Crippen molar-refractivity contribution >= 4 is 23.3 Å². The van der Waals surface area contributed by atoms with Crippen molar-refractivity contribution in [1.29, 1.82) is 0 Å². The molecule has 0 radical (unpaired) electrons. The molecule has 0 aliphatic heterocycles. The summed E-state index contributed by atoms with van der Waals surface area (Å²) in [5.41, 5.74) is -0.162. The van der Waals surface area contributed by atoms with E-state index in [1.54, 1.807) is 0 Å². The fourth-order valence-electron chi connectivity index (χ4n) is 1.48. The fourth-order valence-corrected chi connectivity index (χ4v) is 1.65. The highest BCUT2D eigenvalue weighted by molar-refractivity contribution is 6.30. The Morgan fingerprint density at radius 2 is 2.24 bits per heavy atom. The van der Waals surface area contributed by atoms with Gasteiger partial charge >= 0.3 is 5.97 Å². The van der Waals surface area contributed by atoms with Crippen molar-refractivity contribution in [3.8, 4) is 11.5 Å². The van der Waals surface area contributed by atoms with Gasteiger partial charge < -0.3 is 14.3 Å². The zero-order valence-electron chi connectivity index (χ0n) is 10.4. The number of halogens is 1. The normalized spacial score (nSPS) is 10.5. The molecule has 0 atom stereocenters. The molecule has 2 aromatic rings. The number of hydrogen-bond donors (Lipinski definition) is 1. The molecule has 9 nitrogen and oxygen atoms in total. The van der Waals surface area contributed by atoms with Gasteiger partial charge in [-0.1, -0.05) is 11.6 Å². The Morgan fingerprint density at radius 3 is 2.90 bits per heavy atom. The van der Waals surface area contributed by atoms with Crippen LogP contribution in [0.1, 0.15) is 5.89 Å². The molecular formula is C11H8ClN3O6. The molecule has 0 spiro atoms. The largest absolute Gasteiger partial charge is 0.480 e. The van der Waals surface area contributed by atoms with Crippen LogP contribution < -0.4 is 0 Å². The van der Waals surface area contributed by atoms with E-state index in [0.29, 0.717) is 0 Å². The number of nitrogens with zero attached hydrogens (tertiary/aromatic N) is 3. The molecule has 2 rings (SSSR count). The van der Waals surface area contributed by atoms with Gasteiger partial charge in [0.1, 0.15) is 18.8 Å². The zero-order valence-corrected chi connectivity index (χ0v) is 11.1. The minimum absolute atomic E-state index is 0.00972. The molecule has 0 fully saturated rings. The smallest absolute Gasteiger partial charge is 0.329 e. The number of hydrogen-bond acceptors (Lipinski definition) is 7. The van der Waals surface area contributed by atoms with E-state index in [2.05, 4.69) is 10.2 Å². The van der Waals surface area contributed by atoms with Crippen molar-refractivity contribution in [2.24, 2.45) is 0 Å². The van der Waals surface area contributed by atoms with Crippen LogP contribution >= 0.6 is 11.6 Å². The van der Waals surface area contributed by atoms with Crippen LogP contribution in [0.3, 0.4) is 0 Å². The molecule has 21 heavy (non-hydrogen) atoms. The van der Waals surface area contributed by atoms with E-state index in [9.17, 15) is 14.9 Å². The Labute approximate surface area is 122 Å². The van der Waals surface area contributed by atoms with Crippen molar-refractivity contribution in [1.82, 2.24) is 10.2 Å². The monoisotopic (exact) mass is 313 g/mol. The minimum Gasteiger partial charge on any atom is -0.480 e. The number of benzene rings is 1. The molecule has 0 saturated carbocycles.